The van der Waals surface area contributed by atoms with Gasteiger partial charge in [0.1, 0.15) is 0 Å². The van der Waals surface area contributed by atoms with Crippen molar-refractivity contribution in [1.82, 2.24) is 14.8 Å². The van der Waals surface area contributed by atoms with Crippen molar-refractivity contribution in [3.8, 4) is 17.1 Å². The average Bonchev–Trinajstić information content (AvgIpc) is 3.18. The fourth-order valence-corrected chi connectivity index (χ4v) is 3.52. The van der Waals surface area contributed by atoms with Crippen molar-refractivity contribution in [2.75, 3.05) is 5.32 Å². The molecule has 0 bridgehead atoms. The molecule has 0 aliphatic carbocycles. The predicted octanol–water partition coefficient (Wildman–Crippen LogP) is 5.73. The van der Waals surface area contributed by atoms with Gasteiger partial charge in [-0.15, -0.1) is 5.10 Å². The molecule has 0 saturated heterocycles. The third kappa shape index (κ3) is 4.12. The van der Waals surface area contributed by atoms with Gasteiger partial charge in [-0.25, -0.2) is 9.67 Å². The van der Waals surface area contributed by atoms with Crippen LogP contribution in [-0.4, -0.2) is 20.7 Å². The standard InChI is InChI=1S/C26H26N4O/c1-16-8-6-10-21(14-16)25-28-24(26(31)27-22-13-12-17(2)19(4)15-22)29-30(25)23-11-7-9-18(3)20(23)5/h6-15H,1-5H3,(H,27,31). The number of aromatic nitrogens is 3. The lowest BCUT2D eigenvalue weighted by Crippen LogP contribution is -2.14. The smallest absolute Gasteiger partial charge is 0.295 e. The van der Waals surface area contributed by atoms with Crippen molar-refractivity contribution in [3.05, 3.63) is 94.3 Å². The van der Waals surface area contributed by atoms with E-state index in [4.69, 9.17) is 0 Å². The molecule has 1 N–H and O–H groups in total. The van der Waals surface area contributed by atoms with Crippen molar-refractivity contribution in [2.24, 2.45) is 0 Å². The van der Waals surface area contributed by atoms with Crippen LogP contribution < -0.4 is 5.32 Å². The molecule has 3 aromatic carbocycles. The van der Waals surface area contributed by atoms with E-state index in [0.29, 0.717) is 5.82 Å². The summed E-state index contributed by atoms with van der Waals surface area (Å²) in [6.07, 6.45) is 0. The molecular formula is C26H26N4O. The quantitative estimate of drug-likeness (QED) is 0.467. The lowest BCUT2D eigenvalue weighted by Gasteiger charge is -2.11. The van der Waals surface area contributed by atoms with Crippen molar-refractivity contribution in [2.45, 2.75) is 34.6 Å². The number of hydrogen-bond acceptors (Lipinski definition) is 3. The molecule has 0 spiro atoms. The second kappa shape index (κ2) is 8.19. The van der Waals surface area contributed by atoms with Crippen molar-refractivity contribution in [3.63, 3.8) is 0 Å². The Labute approximate surface area is 182 Å². The van der Waals surface area contributed by atoms with Crippen LogP contribution in [-0.2, 0) is 0 Å². The van der Waals surface area contributed by atoms with Crippen LogP contribution in [0.25, 0.3) is 17.1 Å². The highest BCUT2D eigenvalue weighted by Crippen LogP contribution is 2.25. The Bertz CT molecular complexity index is 1290. The van der Waals surface area contributed by atoms with Gasteiger partial charge >= 0.3 is 0 Å². The fourth-order valence-electron chi connectivity index (χ4n) is 3.52. The maximum absolute atomic E-state index is 13.0. The summed E-state index contributed by atoms with van der Waals surface area (Å²) in [5, 5.41) is 7.55. The largest absolute Gasteiger partial charge is 0.319 e. The molecule has 4 aromatic rings. The summed E-state index contributed by atoms with van der Waals surface area (Å²) in [7, 11) is 0. The van der Waals surface area contributed by atoms with E-state index < -0.39 is 0 Å². The van der Waals surface area contributed by atoms with Gasteiger partial charge in [0.2, 0.25) is 5.82 Å². The summed E-state index contributed by atoms with van der Waals surface area (Å²) in [5.41, 5.74) is 8.23. The molecule has 0 unspecified atom stereocenters. The van der Waals surface area contributed by atoms with E-state index in [2.05, 4.69) is 41.4 Å². The Morgan fingerprint density at radius 3 is 2.35 bits per heavy atom. The maximum atomic E-state index is 13.0. The van der Waals surface area contributed by atoms with Gasteiger partial charge in [0.15, 0.2) is 5.82 Å². The highest BCUT2D eigenvalue weighted by Gasteiger charge is 2.20. The number of anilines is 1. The van der Waals surface area contributed by atoms with Crippen LogP contribution in [0.1, 0.15) is 38.4 Å². The first-order valence-electron chi connectivity index (χ1n) is 10.3. The van der Waals surface area contributed by atoms with Gasteiger partial charge in [-0.05, 0) is 81.1 Å². The van der Waals surface area contributed by atoms with Gasteiger partial charge in [0, 0.05) is 11.3 Å². The minimum Gasteiger partial charge on any atom is -0.319 e. The topological polar surface area (TPSA) is 59.8 Å². The normalized spacial score (nSPS) is 10.9. The molecule has 5 heteroatoms. The summed E-state index contributed by atoms with van der Waals surface area (Å²) in [6.45, 7) is 10.2. The summed E-state index contributed by atoms with van der Waals surface area (Å²) < 4.78 is 1.77. The number of carbonyl (C=O) groups excluding carboxylic acids is 1. The molecule has 0 aliphatic heterocycles. The second-order valence-electron chi connectivity index (χ2n) is 8.01. The Hall–Kier alpha value is -3.73. The Kier molecular flexibility index (Phi) is 5.42. The van der Waals surface area contributed by atoms with E-state index in [1.807, 2.05) is 69.3 Å². The molecule has 1 aromatic heterocycles. The maximum Gasteiger partial charge on any atom is 0.295 e. The molecule has 0 radical (unpaired) electrons. The zero-order chi connectivity index (χ0) is 22.1. The lowest BCUT2D eigenvalue weighted by molar-refractivity contribution is 0.101. The van der Waals surface area contributed by atoms with E-state index >= 15 is 0 Å². The molecule has 0 fully saturated rings. The first-order chi connectivity index (χ1) is 14.8. The molecule has 0 aliphatic rings. The zero-order valence-electron chi connectivity index (χ0n) is 18.5. The number of aryl methyl sites for hydroxylation is 4. The average molecular weight is 411 g/mol. The Morgan fingerprint density at radius 1 is 0.839 bits per heavy atom. The number of benzene rings is 3. The minimum absolute atomic E-state index is 0.135. The number of hydrogen-bond donors (Lipinski definition) is 1. The van der Waals surface area contributed by atoms with Gasteiger partial charge in [-0.1, -0.05) is 42.0 Å². The van der Waals surface area contributed by atoms with Crippen LogP contribution in [0, 0.1) is 34.6 Å². The van der Waals surface area contributed by atoms with Crippen LogP contribution >= 0.6 is 0 Å². The summed E-state index contributed by atoms with van der Waals surface area (Å²) in [5.74, 6) is 0.444. The SMILES string of the molecule is Cc1cccc(-c2nc(C(=O)Nc3ccc(C)c(C)c3)nn2-c2cccc(C)c2C)c1. The van der Waals surface area contributed by atoms with Crippen molar-refractivity contribution in [1.29, 1.82) is 0 Å². The van der Waals surface area contributed by atoms with Crippen molar-refractivity contribution < 1.29 is 4.79 Å². The van der Waals surface area contributed by atoms with Gasteiger partial charge in [0.25, 0.3) is 5.91 Å². The van der Waals surface area contributed by atoms with Crippen molar-refractivity contribution >= 4 is 11.6 Å². The summed E-state index contributed by atoms with van der Waals surface area (Å²) >= 11 is 0. The van der Waals surface area contributed by atoms with Gasteiger partial charge in [0.05, 0.1) is 5.69 Å². The highest BCUT2D eigenvalue weighted by atomic mass is 16.2. The second-order valence-corrected chi connectivity index (χ2v) is 8.01. The predicted molar refractivity (Wildman–Crippen MR) is 125 cm³/mol. The highest BCUT2D eigenvalue weighted by molar-refractivity contribution is 6.01. The van der Waals surface area contributed by atoms with Gasteiger partial charge in [-0.2, -0.15) is 0 Å². The van der Waals surface area contributed by atoms with Gasteiger partial charge < -0.3 is 5.32 Å². The monoisotopic (exact) mass is 410 g/mol. The van der Waals surface area contributed by atoms with Crippen LogP contribution in [0.15, 0.2) is 60.7 Å². The van der Waals surface area contributed by atoms with E-state index in [1.54, 1.807) is 4.68 Å². The lowest BCUT2D eigenvalue weighted by atomic mass is 10.1. The first kappa shape index (κ1) is 20.5. The Morgan fingerprint density at radius 2 is 1.61 bits per heavy atom. The summed E-state index contributed by atoms with van der Waals surface area (Å²) in [4.78, 5) is 17.7. The molecule has 0 saturated carbocycles. The number of rotatable bonds is 4. The zero-order valence-corrected chi connectivity index (χ0v) is 18.5. The summed E-state index contributed by atoms with van der Waals surface area (Å²) in [6, 6.07) is 20.0. The van der Waals surface area contributed by atoms with Gasteiger partial charge in [-0.3, -0.25) is 4.79 Å². The third-order valence-corrected chi connectivity index (χ3v) is 5.66. The third-order valence-electron chi connectivity index (χ3n) is 5.66. The number of carbonyl (C=O) groups is 1. The first-order valence-corrected chi connectivity index (χ1v) is 10.3. The number of nitrogens with one attached hydrogen (secondary N) is 1. The number of nitrogens with zero attached hydrogens (tertiary/aromatic N) is 3. The molecule has 0 atom stereocenters. The van der Waals surface area contributed by atoms with E-state index in [9.17, 15) is 4.79 Å². The molecule has 31 heavy (non-hydrogen) atoms. The Balaban J connectivity index is 1.80. The molecule has 1 amide bonds. The van der Waals surface area contributed by atoms with E-state index in [1.165, 1.54) is 5.56 Å². The molecule has 4 rings (SSSR count). The van der Waals surface area contributed by atoms with Crippen LogP contribution in [0.5, 0.6) is 0 Å². The van der Waals surface area contributed by atoms with Crippen LogP contribution in [0.2, 0.25) is 0 Å². The number of amides is 1. The molecule has 156 valence electrons. The van der Waals surface area contributed by atoms with Crippen LogP contribution in [0.4, 0.5) is 5.69 Å². The van der Waals surface area contributed by atoms with Crippen LogP contribution in [0.3, 0.4) is 0 Å². The van der Waals surface area contributed by atoms with E-state index in [-0.39, 0.29) is 11.7 Å². The molecule has 5 nitrogen and oxygen atoms in total. The fraction of sp³-hybridized carbons (Fsp3) is 0.192. The minimum atomic E-state index is -0.332. The molecular weight excluding hydrogens is 384 g/mol. The molecule has 1 heterocycles. The van der Waals surface area contributed by atoms with E-state index in [0.717, 1.165) is 39.2 Å².